The fraction of sp³-hybridized carbons (Fsp3) is 0.731. The maximum atomic E-state index is 14.5. The van der Waals surface area contributed by atoms with Crippen LogP contribution in [-0.4, -0.2) is 89.5 Å². The van der Waals surface area contributed by atoms with Crippen LogP contribution in [-0.2, 0) is 38.1 Å². The standard InChI is InChI=1S/C52H78N2O10/c1-9-11-15-25-52(26-16-12-10-2)61-42-31-36(47(58)53-28-24-44(56)54-37(33-55)20-22-45(57)63-49(3,4)5)30-41(46(42)64-52)60-48(59)38-18-14-13-17-34(38)29-35-19-21-43-51(8,62-43)27-23-40-39(35)32-50(40,6)7/h13-14,17-18,29,31,37,39-43,46,55H,9-12,15-16,19-28,30,32-33H2,1-8H3,(H,53,58)(H,54,56). The van der Waals surface area contributed by atoms with Gasteiger partial charge in [0.2, 0.25) is 11.8 Å². The third kappa shape index (κ3) is 12.9. The van der Waals surface area contributed by atoms with Crippen molar-refractivity contribution >= 4 is 29.8 Å². The minimum atomic E-state index is -0.856. The highest BCUT2D eigenvalue weighted by molar-refractivity contribution is 5.95. The molecule has 0 aromatic heterocycles. The van der Waals surface area contributed by atoms with E-state index in [-0.39, 0.29) is 67.8 Å². The first-order valence-corrected chi connectivity index (χ1v) is 24.5. The molecule has 1 aromatic rings. The van der Waals surface area contributed by atoms with Gasteiger partial charge in [0.25, 0.3) is 0 Å². The fourth-order valence-electron chi connectivity index (χ4n) is 10.6. The molecule has 0 radical (unpaired) electrons. The quantitative estimate of drug-likeness (QED) is 0.0655. The number of nitrogens with one attached hydrogen (secondary N) is 2. The first-order valence-electron chi connectivity index (χ1n) is 24.5. The van der Waals surface area contributed by atoms with Crippen LogP contribution >= 0.6 is 0 Å². The van der Waals surface area contributed by atoms with Crippen molar-refractivity contribution in [1.82, 2.24) is 10.6 Å². The van der Waals surface area contributed by atoms with Gasteiger partial charge in [-0.15, -0.1) is 0 Å². The molecule has 2 saturated carbocycles. The number of carbonyl (C=O) groups excluding carboxylic acids is 4. The molecule has 2 heterocycles. The van der Waals surface area contributed by atoms with Gasteiger partial charge in [0.05, 0.1) is 29.9 Å². The van der Waals surface area contributed by atoms with Gasteiger partial charge in [-0.3, -0.25) is 14.4 Å². The van der Waals surface area contributed by atoms with E-state index < -0.39 is 47.7 Å². The van der Waals surface area contributed by atoms with Crippen molar-refractivity contribution in [3.63, 3.8) is 0 Å². The van der Waals surface area contributed by atoms with Crippen LogP contribution in [0.15, 0.2) is 41.5 Å². The Morgan fingerprint density at radius 3 is 2.34 bits per heavy atom. The van der Waals surface area contributed by atoms with Crippen LogP contribution in [0, 0.1) is 17.3 Å². The zero-order valence-electron chi connectivity index (χ0n) is 40.1. The Balaban J connectivity index is 1.17. The number of allylic oxidation sites excluding steroid dienone is 1. The lowest BCUT2D eigenvalue weighted by Crippen LogP contribution is -2.45. The number of benzene rings is 1. The first kappa shape index (κ1) is 49.8. The highest BCUT2D eigenvalue weighted by Gasteiger charge is 2.56. The molecule has 356 valence electrons. The minimum Gasteiger partial charge on any atom is -0.460 e. The first-order chi connectivity index (χ1) is 30.4. The van der Waals surface area contributed by atoms with E-state index >= 15 is 0 Å². The van der Waals surface area contributed by atoms with Crippen molar-refractivity contribution in [2.45, 2.75) is 212 Å². The lowest BCUT2D eigenvalue weighted by molar-refractivity contribution is -0.190. The van der Waals surface area contributed by atoms with Gasteiger partial charge in [0.1, 0.15) is 23.9 Å². The maximum absolute atomic E-state index is 14.5. The molecule has 64 heavy (non-hydrogen) atoms. The van der Waals surface area contributed by atoms with Gasteiger partial charge >= 0.3 is 11.9 Å². The van der Waals surface area contributed by atoms with Gasteiger partial charge < -0.3 is 39.4 Å². The molecule has 5 aliphatic rings. The second-order valence-corrected chi connectivity index (χ2v) is 21.1. The predicted molar refractivity (Wildman–Crippen MR) is 246 cm³/mol. The Hall–Kier alpha value is -3.58. The molecule has 12 nitrogen and oxygen atoms in total. The summed E-state index contributed by atoms with van der Waals surface area (Å²) in [5.74, 6) is -1.46. The Morgan fingerprint density at radius 1 is 0.953 bits per heavy atom. The normalized spacial score (nSPS) is 29.0. The van der Waals surface area contributed by atoms with E-state index in [1.54, 1.807) is 20.8 Å². The molecule has 8 atom stereocenters. The largest absolute Gasteiger partial charge is 0.460 e. The molecule has 4 fully saturated rings. The SMILES string of the molecule is CCCCCC1(CCCCC)OC2C=C(C(=O)NCCC(=O)NC(CO)CCC(=O)OC(C)(C)C)CC(OC(=O)c3ccccc3C=C3CCC4OC4(C)CCC4C3CC4(C)C)C2O1. The molecule has 3 N–H and O–H groups in total. The third-order valence-electron chi connectivity index (χ3n) is 14.3. The summed E-state index contributed by atoms with van der Waals surface area (Å²) in [6.45, 7) is 16.4. The molecule has 0 spiro atoms. The number of hydrogen-bond acceptors (Lipinski definition) is 10. The predicted octanol–water partition coefficient (Wildman–Crippen LogP) is 9.07. The fourth-order valence-corrected chi connectivity index (χ4v) is 10.6. The van der Waals surface area contributed by atoms with Gasteiger partial charge in [-0.1, -0.05) is 83.2 Å². The van der Waals surface area contributed by atoms with Crippen LogP contribution in [0.2, 0.25) is 0 Å². The van der Waals surface area contributed by atoms with E-state index in [1.807, 2.05) is 30.3 Å². The molecule has 2 saturated heterocycles. The lowest BCUT2D eigenvalue weighted by atomic mass is 9.52. The number of epoxide rings is 1. The summed E-state index contributed by atoms with van der Waals surface area (Å²) in [6, 6.07) is 7.02. The average Bonchev–Trinajstić information content (AvgIpc) is 3.71. The van der Waals surface area contributed by atoms with Crippen molar-refractivity contribution in [1.29, 1.82) is 0 Å². The number of hydrogen-bond donors (Lipinski definition) is 3. The van der Waals surface area contributed by atoms with Crippen LogP contribution in [0.3, 0.4) is 0 Å². The summed E-state index contributed by atoms with van der Waals surface area (Å²) in [7, 11) is 0. The molecular formula is C52H78N2O10. The van der Waals surface area contributed by atoms with Gasteiger partial charge in [-0.05, 0) is 114 Å². The smallest absolute Gasteiger partial charge is 0.339 e. The van der Waals surface area contributed by atoms with Gasteiger partial charge in [-0.2, -0.15) is 0 Å². The second-order valence-electron chi connectivity index (χ2n) is 21.1. The number of esters is 2. The molecule has 2 amide bonds. The van der Waals surface area contributed by atoms with E-state index in [2.05, 4.69) is 51.3 Å². The van der Waals surface area contributed by atoms with E-state index in [1.165, 1.54) is 5.57 Å². The highest BCUT2D eigenvalue weighted by Crippen LogP contribution is 2.60. The van der Waals surface area contributed by atoms with Crippen LogP contribution in [0.5, 0.6) is 0 Å². The lowest BCUT2D eigenvalue weighted by Gasteiger charge is -2.53. The Morgan fingerprint density at radius 2 is 1.67 bits per heavy atom. The van der Waals surface area contributed by atoms with E-state index in [9.17, 15) is 24.3 Å². The van der Waals surface area contributed by atoms with E-state index in [0.717, 1.165) is 76.2 Å². The molecule has 6 rings (SSSR count). The number of amides is 2. The molecule has 3 aliphatic carbocycles. The van der Waals surface area contributed by atoms with Crippen LogP contribution < -0.4 is 10.6 Å². The zero-order chi connectivity index (χ0) is 46.3. The second kappa shape index (κ2) is 21.4. The van der Waals surface area contributed by atoms with E-state index in [4.69, 9.17) is 23.7 Å². The van der Waals surface area contributed by atoms with Gasteiger partial charge in [0, 0.05) is 44.2 Å². The summed E-state index contributed by atoms with van der Waals surface area (Å²) < 4.78 is 31.8. The zero-order valence-corrected chi connectivity index (χ0v) is 40.1. The Labute approximate surface area is 382 Å². The molecule has 1 aromatic carbocycles. The molecule has 2 aliphatic heterocycles. The van der Waals surface area contributed by atoms with Crippen molar-refractivity contribution in [3.05, 3.63) is 52.6 Å². The molecule has 0 bridgehead atoms. The molecular weight excluding hydrogens is 813 g/mol. The number of aliphatic hydroxyl groups is 1. The number of fused-ring (bicyclic) bond motifs is 3. The number of unbranched alkanes of at least 4 members (excludes halogenated alkanes) is 4. The van der Waals surface area contributed by atoms with Gasteiger partial charge in [-0.25, -0.2) is 4.79 Å². The van der Waals surface area contributed by atoms with Crippen molar-refractivity contribution in [2.24, 2.45) is 17.3 Å². The summed E-state index contributed by atoms with van der Waals surface area (Å²) >= 11 is 0. The van der Waals surface area contributed by atoms with Crippen molar-refractivity contribution in [2.75, 3.05) is 13.2 Å². The number of aliphatic hydroxyl groups excluding tert-OH is 1. The van der Waals surface area contributed by atoms with Crippen LogP contribution in [0.1, 0.15) is 180 Å². The highest BCUT2D eigenvalue weighted by atomic mass is 16.8. The molecule has 8 unspecified atom stereocenters. The number of ether oxygens (including phenoxy) is 5. The summed E-state index contributed by atoms with van der Waals surface area (Å²) in [5.41, 5.74) is 2.69. The van der Waals surface area contributed by atoms with Crippen molar-refractivity contribution in [3.8, 4) is 0 Å². The number of rotatable bonds is 20. The third-order valence-corrected chi connectivity index (χ3v) is 14.3. The maximum Gasteiger partial charge on any atom is 0.339 e. The monoisotopic (exact) mass is 891 g/mol. The molecule has 12 heteroatoms. The van der Waals surface area contributed by atoms with Crippen LogP contribution in [0.4, 0.5) is 0 Å². The summed E-state index contributed by atoms with van der Waals surface area (Å²) in [5, 5.41) is 15.5. The average molecular weight is 891 g/mol. The summed E-state index contributed by atoms with van der Waals surface area (Å²) in [4.78, 5) is 53.4. The summed E-state index contributed by atoms with van der Waals surface area (Å²) in [6.07, 6.45) is 15.3. The Bertz CT molecular complexity index is 1860. The van der Waals surface area contributed by atoms with Crippen molar-refractivity contribution < 1.29 is 48.0 Å². The number of carbonyl (C=O) groups is 4. The van der Waals surface area contributed by atoms with Crippen LogP contribution in [0.25, 0.3) is 6.08 Å². The Kier molecular flexibility index (Phi) is 16.6. The van der Waals surface area contributed by atoms with Gasteiger partial charge in [0.15, 0.2) is 5.79 Å². The topological polar surface area (TPSA) is 162 Å². The minimum absolute atomic E-state index is 0.0187. The van der Waals surface area contributed by atoms with E-state index in [0.29, 0.717) is 35.8 Å².